The lowest BCUT2D eigenvalue weighted by Crippen LogP contribution is -2.06. The number of hydrogen-bond acceptors (Lipinski definition) is 2. The summed E-state index contributed by atoms with van der Waals surface area (Å²) in [4.78, 5) is 15.4. The Morgan fingerprint density at radius 1 is 1.27 bits per heavy atom. The molecule has 4 nitrogen and oxygen atoms in total. The van der Waals surface area contributed by atoms with E-state index in [1.165, 1.54) is 18.2 Å². The Labute approximate surface area is 131 Å². The normalized spacial score (nSPS) is 11.2. The second-order valence-electron chi connectivity index (χ2n) is 5.29. The van der Waals surface area contributed by atoms with E-state index in [4.69, 9.17) is 11.6 Å². The fourth-order valence-corrected chi connectivity index (χ4v) is 2.86. The average Bonchev–Trinajstić information content (AvgIpc) is 2.81. The van der Waals surface area contributed by atoms with Gasteiger partial charge in [0, 0.05) is 28.9 Å². The molecule has 114 valence electrons. The fourth-order valence-electron chi connectivity index (χ4n) is 2.61. The van der Waals surface area contributed by atoms with Crippen LogP contribution in [0, 0.1) is 5.82 Å². The molecule has 0 atom stereocenters. The molecule has 0 unspecified atom stereocenters. The Kier molecular flexibility index (Phi) is 3.98. The number of aromatic nitrogens is 3. The predicted octanol–water partition coefficient (Wildman–Crippen LogP) is 3.59. The number of halogens is 2. The summed E-state index contributed by atoms with van der Waals surface area (Å²) in [6.45, 7) is 2.04. The number of fused-ring (bicyclic) bond motifs is 1. The third-order valence-corrected chi connectivity index (χ3v) is 3.71. The van der Waals surface area contributed by atoms with E-state index in [0.29, 0.717) is 33.7 Å². The molecule has 2 aromatic heterocycles. The van der Waals surface area contributed by atoms with Crippen molar-refractivity contribution in [3.63, 3.8) is 0 Å². The maximum Gasteiger partial charge on any atom is 0.193 e. The van der Waals surface area contributed by atoms with E-state index < -0.39 is 5.82 Å². The van der Waals surface area contributed by atoms with Crippen molar-refractivity contribution in [1.82, 2.24) is 15.2 Å². The summed E-state index contributed by atoms with van der Waals surface area (Å²) in [6, 6.07) is 5.87. The summed E-state index contributed by atoms with van der Waals surface area (Å²) in [6.07, 6.45) is 2.09. The van der Waals surface area contributed by atoms with E-state index in [1.807, 2.05) is 6.92 Å². The van der Waals surface area contributed by atoms with Crippen LogP contribution in [0.1, 0.15) is 30.3 Å². The lowest BCUT2D eigenvalue weighted by molar-refractivity contribution is 0.626. The molecule has 2 N–H and O–H groups in total. The summed E-state index contributed by atoms with van der Waals surface area (Å²) >= 11 is 5.85. The summed E-state index contributed by atoms with van der Waals surface area (Å²) in [5.74, 6) is -0.393. The molecule has 0 bridgehead atoms. The van der Waals surface area contributed by atoms with Gasteiger partial charge < -0.3 is 4.98 Å². The second-order valence-corrected chi connectivity index (χ2v) is 5.73. The molecule has 1 aromatic carbocycles. The van der Waals surface area contributed by atoms with Crippen LogP contribution in [0.15, 0.2) is 29.1 Å². The van der Waals surface area contributed by atoms with Gasteiger partial charge in [-0.1, -0.05) is 24.9 Å². The number of H-pyrrole nitrogens is 2. The smallest absolute Gasteiger partial charge is 0.193 e. The molecule has 0 fully saturated rings. The SMILES string of the molecule is CCCc1[nH]nc2[nH]c(Cc3cc(F)cc(Cl)c3)cc(=O)c12. The maximum atomic E-state index is 13.4. The van der Waals surface area contributed by atoms with Gasteiger partial charge in [-0.25, -0.2) is 4.39 Å². The molecule has 3 rings (SSSR count). The highest BCUT2D eigenvalue weighted by Crippen LogP contribution is 2.18. The number of nitrogens with zero attached hydrogens (tertiary/aromatic N) is 1. The van der Waals surface area contributed by atoms with E-state index in [-0.39, 0.29) is 5.43 Å². The topological polar surface area (TPSA) is 61.5 Å². The second kappa shape index (κ2) is 5.93. The number of rotatable bonds is 4. The van der Waals surface area contributed by atoms with Crippen LogP contribution >= 0.6 is 11.6 Å². The Bertz CT molecular complexity index is 864. The highest BCUT2D eigenvalue weighted by Gasteiger charge is 2.11. The third-order valence-electron chi connectivity index (χ3n) is 3.49. The zero-order valence-corrected chi connectivity index (χ0v) is 12.8. The van der Waals surface area contributed by atoms with Crippen molar-refractivity contribution in [2.45, 2.75) is 26.2 Å². The molecule has 0 radical (unpaired) electrons. The Hall–Kier alpha value is -2.14. The van der Waals surface area contributed by atoms with Crippen LogP contribution in [0.25, 0.3) is 11.0 Å². The highest BCUT2D eigenvalue weighted by atomic mass is 35.5. The van der Waals surface area contributed by atoms with Crippen molar-refractivity contribution < 1.29 is 4.39 Å². The van der Waals surface area contributed by atoms with Gasteiger partial charge in [0.15, 0.2) is 11.1 Å². The van der Waals surface area contributed by atoms with E-state index in [0.717, 1.165) is 18.5 Å². The van der Waals surface area contributed by atoms with Crippen LogP contribution in [-0.2, 0) is 12.8 Å². The Morgan fingerprint density at radius 2 is 2.09 bits per heavy atom. The Balaban J connectivity index is 2.00. The van der Waals surface area contributed by atoms with Crippen LogP contribution in [0.5, 0.6) is 0 Å². The van der Waals surface area contributed by atoms with E-state index in [2.05, 4.69) is 15.2 Å². The number of nitrogens with one attached hydrogen (secondary N) is 2. The van der Waals surface area contributed by atoms with Gasteiger partial charge in [0.05, 0.1) is 5.39 Å². The predicted molar refractivity (Wildman–Crippen MR) is 84.9 cm³/mol. The molecule has 0 amide bonds. The molecule has 22 heavy (non-hydrogen) atoms. The molecule has 3 aromatic rings. The summed E-state index contributed by atoms with van der Waals surface area (Å²) in [5, 5.41) is 7.99. The molecule has 0 aliphatic carbocycles. The van der Waals surface area contributed by atoms with Crippen molar-refractivity contribution >= 4 is 22.6 Å². The molecule has 0 aliphatic rings. The van der Waals surface area contributed by atoms with E-state index in [1.54, 1.807) is 6.07 Å². The molecular formula is C16H15ClFN3O. The van der Waals surface area contributed by atoms with Crippen LogP contribution in [0.3, 0.4) is 0 Å². The first-order valence-corrected chi connectivity index (χ1v) is 7.48. The molecule has 0 saturated carbocycles. The summed E-state index contributed by atoms with van der Waals surface area (Å²) in [5.41, 5.74) is 2.68. The highest BCUT2D eigenvalue weighted by molar-refractivity contribution is 6.30. The quantitative estimate of drug-likeness (QED) is 0.772. The first kappa shape index (κ1) is 14.8. The van der Waals surface area contributed by atoms with Gasteiger partial charge in [-0.3, -0.25) is 9.89 Å². The number of hydrogen-bond donors (Lipinski definition) is 2. The van der Waals surface area contributed by atoms with Gasteiger partial charge >= 0.3 is 0 Å². The summed E-state index contributed by atoms with van der Waals surface area (Å²) < 4.78 is 13.4. The van der Waals surface area contributed by atoms with Crippen LogP contribution < -0.4 is 5.43 Å². The maximum absolute atomic E-state index is 13.4. The van der Waals surface area contributed by atoms with Crippen molar-refractivity contribution in [3.8, 4) is 0 Å². The third kappa shape index (κ3) is 2.90. The van der Waals surface area contributed by atoms with Gasteiger partial charge in [0.2, 0.25) is 0 Å². The van der Waals surface area contributed by atoms with Crippen molar-refractivity contribution in [1.29, 1.82) is 0 Å². The van der Waals surface area contributed by atoms with Crippen LogP contribution in [0.2, 0.25) is 5.02 Å². The number of pyridine rings is 1. The van der Waals surface area contributed by atoms with E-state index >= 15 is 0 Å². The monoisotopic (exact) mass is 319 g/mol. The van der Waals surface area contributed by atoms with Crippen molar-refractivity contribution in [2.75, 3.05) is 0 Å². The fraction of sp³-hybridized carbons (Fsp3) is 0.250. The number of aryl methyl sites for hydroxylation is 1. The lowest BCUT2D eigenvalue weighted by atomic mass is 10.1. The molecule has 0 aliphatic heterocycles. The molecule has 2 heterocycles. The average molecular weight is 320 g/mol. The first-order chi connectivity index (χ1) is 10.6. The van der Waals surface area contributed by atoms with Crippen LogP contribution in [-0.4, -0.2) is 15.2 Å². The number of benzene rings is 1. The number of aromatic amines is 2. The van der Waals surface area contributed by atoms with Gasteiger partial charge in [0.1, 0.15) is 5.82 Å². The molecule has 0 spiro atoms. The molecule has 6 heteroatoms. The largest absolute Gasteiger partial charge is 0.341 e. The van der Waals surface area contributed by atoms with Gasteiger partial charge in [0.25, 0.3) is 0 Å². The van der Waals surface area contributed by atoms with E-state index in [9.17, 15) is 9.18 Å². The minimum absolute atomic E-state index is 0.0801. The minimum atomic E-state index is -0.393. The lowest BCUT2D eigenvalue weighted by Gasteiger charge is -2.04. The molecular weight excluding hydrogens is 305 g/mol. The zero-order valence-electron chi connectivity index (χ0n) is 12.0. The van der Waals surface area contributed by atoms with Gasteiger partial charge in [-0.2, -0.15) is 5.10 Å². The van der Waals surface area contributed by atoms with Gasteiger partial charge in [-0.05, 0) is 30.2 Å². The van der Waals surface area contributed by atoms with Gasteiger partial charge in [-0.15, -0.1) is 0 Å². The van der Waals surface area contributed by atoms with Crippen molar-refractivity contribution in [3.05, 3.63) is 62.3 Å². The van der Waals surface area contributed by atoms with Crippen molar-refractivity contribution in [2.24, 2.45) is 0 Å². The summed E-state index contributed by atoms with van der Waals surface area (Å²) in [7, 11) is 0. The zero-order chi connectivity index (χ0) is 15.7. The standard InChI is InChI=1S/C16H15ClFN3O/c1-2-3-13-15-14(22)8-12(19-16(15)21-20-13)6-9-4-10(17)7-11(18)5-9/h4-5,7-8H,2-3,6H2,1H3,(H2,19,20,21,22). The van der Waals surface area contributed by atoms with Crippen LogP contribution in [0.4, 0.5) is 4.39 Å². The first-order valence-electron chi connectivity index (χ1n) is 7.11. The Morgan fingerprint density at radius 3 is 2.82 bits per heavy atom. The minimum Gasteiger partial charge on any atom is -0.341 e. The molecule has 0 saturated heterocycles.